The Labute approximate surface area is 130 Å². The zero-order chi connectivity index (χ0) is 15.5. The van der Waals surface area contributed by atoms with Crippen LogP contribution in [0, 0.1) is 5.92 Å². The van der Waals surface area contributed by atoms with Gasteiger partial charge < -0.3 is 10.0 Å². The van der Waals surface area contributed by atoms with E-state index >= 15 is 0 Å². The van der Waals surface area contributed by atoms with E-state index in [-0.39, 0.29) is 12.3 Å². The van der Waals surface area contributed by atoms with E-state index in [0.29, 0.717) is 13.1 Å². The molecule has 0 aliphatic carbocycles. The number of rotatable bonds is 5. The number of carbonyl (C=O) groups excluding carboxylic acids is 1. The molecule has 2 aliphatic rings. The van der Waals surface area contributed by atoms with Crippen LogP contribution in [0.2, 0.25) is 0 Å². The average molecular weight is 302 g/mol. The molecule has 0 bridgehead atoms. The summed E-state index contributed by atoms with van der Waals surface area (Å²) in [6.45, 7) is 4.18. The second kappa shape index (κ2) is 6.48. The summed E-state index contributed by atoms with van der Waals surface area (Å²) in [5.74, 6) is -1.49. The van der Waals surface area contributed by atoms with Crippen molar-refractivity contribution in [2.75, 3.05) is 19.6 Å². The van der Waals surface area contributed by atoms with Crippen LogP contribution in [-0.2, 0) is 22.7 Å². The molecule has 2 heterocycles. The molecule has 118 valence electrons. The van der Waals surface area contributed by atoms with Gasteiger partial charge in [0.2, 0.25) is 5.91 Å². The van der Waals surface area contributed by atoms with Crippen LogP contribution < -0.4 is 0 Å². The molecule has 2 aliphatic heterocycles. The molecular formula is C17H22N2O3. The van der Waals surface area contributed by atoms with Crippen molar-refractivity contribution in [2.24, 2.45) is 5.92 Å². The van der Waals surface area contributed by atoms with Gasteiger partial charge in [0, 0.05) is 26.1 Å². The molecule has 1 amide bonds. The lowest BCUT2D eigenvalue weighted by Crippen LogP contribution is -2.25. The highest BCUT2D eigenvalue weighted by Crippen LogP contribution is 2.21. The highest BCUT2D eigenvalue weighted by Gasteiger charge is 2.33. The summed E-state index contributed by atoms with van der Waals surface area (Å²) in [6, 6.07) is 8.32. The van der Waals surface area contributed by atoms with Crippen LogP contribution in [0.3, 0.4) is 0 Å². The fraction of sp³-hybridized carbons (Fsp3) is 0.529. The Morgan fingerprint density at radius 1 is 1.09 bits per heavy atom. The summed E-state index contributed by atoms with van der Waals surface area (Å²) in [7, 11) is 0. The molecule has 2 fully saturated rings. The van der Waals surface area contributed by atoms with Gasteiger partial charge in [0.15, 0.2) is 0 Å². The van der Waals surface area contributed by atoms with Gasteiger partial charge in [-0.05, 0) is 37.1 Å². The quantitative estimate of drug-likeness (QED) is 0.899. The normalized spacial score (nSPS) is 22.5. The van der Waals surface area contributed by atoms with Crippen molar-refractivity contribution in [1.29, 1.82) is 0 Å². The monoisotopic (exact) mass is 302 g/mol. The highest BCUT2D eigenvalue weighted by molar-refractivity contribution is 5.86. The molecule has 5 heteroatoms. The third-order valence-electron chi connectivity index (χ3n) is 4.57. The zero-order valence-electron chi connectivity index (χ0n) is 12.7. The Balaban J connectivity index is 1.56. The number of hydrogen-bond acceptors (Lipinski definition) is 3. The first-order valence-electron chi connectivity index (χ1n) is 7.92. The van der Waals surface area contributed by atoms with Gasteiger partial charge in [-0.25, -0.2) is 0 Å². The van der Waals surface area contributed by atoms with Crippen molar-refractivity contribution < 1.29 is 14.7 Å². The largest absolute Gasteiger partial charge is 0.481 e. The topological polar surface area (TPSA) is 60.9 Å². The molecule has 1 aromatic carbocycles. The Kier molecular flexibility index (Phi) is 4.43. The van der Waals surface area contributed by atoms with E-state index in [0.717, 1.165) is 12.1 Å². The van der Waals surface area contributed by atoms with Gasteiger partial charge in [0.25, 0.3) is 0 Å². The molecule has 0 radical (unpaired) electrons. The average Bonchev–Trinajstić information content (AvgIpc) is 3.12. The molecule has 2 saturated heterocycles. The number of amides is 1. The minimum atomic E-state index is -0.878. The van der Waals surface area contributed by atoms with E-state index in [4.69, 9.17) is 5.11 Å². The molecule has 1 atom stereocenters. The molecule has 22 heavy (non-hydrogen) atoms. The molecule has 3 rings (SSSR count). The lowest BCUT2D eigenvalue weighted by atomic mass is 10.1. The fourth-order valence-corrected chi connectivity index (χ4v) is 3.26. The summed E-state index contributed by atoms with van der Waals surface area (Å²) in [6.07, 6.45) is 2.71. The number of hydrogen-bond donors (Lipinski definition) is 1. The minimum absolute atomic E-state index is 0.0615. The summed E-state index contributed by atoms with van der Waals surface area (Å²) in [5.41, 5.74) is 2.35. The number of carbonyl (C=O) groups is 2. The number of nitrogens with zero attached hydrogens (tertiary/aromatic N) is 2. The van der Waals surface area contributed by atoms with E-state index in [1.807, 2.05) is 12.1 Å². The SMILES string of the molecule is O=C(O)C1CC(=O)N(Cc2ccc(CN3CCCC3)cc2)C1. The zero-order valence-corrected chi connectivity index (χ0v) is 12.7. The van der Waals surface area contributed by atoms with Gasteiger partial charge in [-0.15, -0.1) is 0 Å². The number of benzene rings is 1. The first-order chi connectivity index (χ1) is 10.6. The molecule has 1 aromatic rings. The number of likely N-dealkylation sites (tertiary alicyclic amines) is 2. The Morgan fingerprint density at radius 3 is 2.23 bits per heavy atom. The maximum atomic E-state index is 11.8. The second-order valence-electron chi connectivity index (χ2n) is 6.31. The first kappa shape index (κ1) is 15.0. The third kappa shape index (κ3) is 3.47. The van der Waals surface area contributed by atoms with E-state index in [1.54, 1.807) is 4.90 Å². The molecule has 1 N–H and O–H groups in total. The van der Waals surface area contributed by atoms with Crippen LogP contribution >= 0.6 is 0 Å². The summed E-state index contributed by atoms with van der Waals surface area (Å²) in [4.78, 5) is 26.9. The van der Waals surface area contributed by atoms with E-state index < -0.39 is 11.9 Å². The Bertz CT molecular complexity index is 550. The summed E-state index contributed by atoms with van der Waals surface area (Å²) >= 11 is 0. The lowest BCUT2D eigenvalue weighted by Gasteiger charge is -2.17. The van der Waals surface area contributed by atoms with Gasteiger partial charge in [-0.1, -0.05) is 24.3 Å². The smallest absolute Gasteiger partial charge is 0.308 e. The van der Waals surface area contributed by atoms with Crippen molar-refractivity contribution in [1.82, 2.24) is 9.80 Å². The molecule has 5 nitrogen and oxygen atoms in total. The van der Waals surface area contributed by atoms with Gasteiger partial charge in [-0.3, -0.25) is 14.5 Å². The summed E-state index contributed by atoms with van der Waals surface area (Å²) in [5, 5.41) is 9.00. The first-order valence-corrected chi connectivity index (χ1v) is 7.92. The van der Waals surface area contributed by atoms with E-state index in [2.05, 4.69) is 17.0 Å². The Hall–Kier alpha value is -1.88. The van der Waals surface area contributed by atoms with Crippen molar-refractivity contribution in [2.45, 2.75) is 32.4 Å². The predicted octanol–water partition coefficient (Wildman–Crippen LogP) is 1.72. The maximum absolute atomic E-state index is 11.8. The van der Waals surface area contributed by atoms with Gasteiger partial charge in [0.05, 0.1) is 5.92 Å². The Morgan fingerprint density at radius 2 is 1.68 bits per heavy atom. The van der Waals surface area contributed by atoms with Gasteiger partial charge in [-0.2, -0.15) is 0 Å². The van der Waals surface area contributed by atoms with E-state index in [1.165, 1.54) is 31.5 Å². The van der Waals surface area contributed by atoms with Crippen LogP contribution in [0.15, 0.2) is 24.3 Å². The van der Waals surface area contributed by atoms with Crippen molar-refractivity contribution in [3.8, 4) is 0 Å². The maximum Gasteiger partial charge on any atom is 0.308 e. The fourth-order valence-electron chi connectivity index (χ4n) is 3.26. The highest BCUT2D eigenvalue weighted by atomic mass is 16.4. The van der Waals surface area contributed by atoms with Crippen molar-refractivity contribution >= 4 is 11.9 Å². The van der Waals surface area contributed by atoms with Gasteiger partial charge >= 0.3 is 5.97 Å². The summed E-state index contributed by atoms with van der Waals surface area (Å²) < 4.78 is 0. The molecule has 0 saturated carbocycles. The second-order valence-corrected chi connectivity index (χ2v) is 6.31. The predicted molar refractivity (Wildman–Crippen MR) is 82.1 cm³/mol. The van der Waals surface area contributed by atoms with Crippen LogP contribution in [0.4, 0.5) is 0 Å². The third-order valence-corrected chi connectivity index (χ3v) is 4.57. The molecular weight excluding hydrogens is 280 g/mol. The van der Waals surface area contributed by atoms with Crippen molar-refractivity contribution in [3.63, 3.8) is 0 Å². The van der Waals surface area contributed by atoms with Crippen LogP contribution in [-0.4, -0.2) is 46.4 Å². The number of carboxylic acids is 1. The molecule has 1 unspecified atom stereocenters. The van der Waals surface area contributed by atoms with Crippen molar-refractivity contribution in [3.05, 3.63) is 35.4 Å². The lowest BCUT2D eigenvalue weighted by molar-refractivity contribution is -0.141. The van der Waals surface area contributed by atoms with Crippen LogP contribution in [0.1, 0.15) is 30.4 Å². The number of aliphatic carboxylic acids is 1. The molecule has 0 aromatic heterocycles. The standard InChI is InChI=1S/C17H22N2O3/c20-16-9-15(17(21)22)12-19(16)11-14-5-3-13(4-6-14)10-18-7-1-2-8-18/h3-6,15H,1-2,7-12H2,(H,21,22). The number of carboxylic acid groups (broad SMARTS) is 1. The minimum Gasteiger partial charge on any atom is -0.481 e. The van der Waals surface area contributed by atoms with Crippen LogP contribution in [0.5, 0.6) is 0 Å². The van der Waals surface area contributed by atoms with Gasteiger partial charge in [0.1, 0.15) is 0 Å². The molecule has 0 spiro atoms. The van der Waals surface area contributed by atoms with E-state index in [9.17, 15) is 9.59 Å². The van der Waals surface area contributed by atoms with Crippen LogP contribution in [0.25, 0.3) is 0 Å².